The Labute approximate surface area is 184 Å². The predicted molar refractivity (Wildman–Crippen MR) is 122 cm³/mol. The lowest BCUT2D eigenvalue weighted by Gasteiger charge is -2.27. The van der Waals surface area contributed by atoms with Crippen molar-refractivity contribution in [1.29, 1.82) is 0 Å². The average Bonchev–Trinajstić information content (AvgIpc) is 3.50. The highest BCUT2D eigenvalue weighted by Gasteiger charge is 2.21. The molecule has 0 unspecified atom stereocenters. The number of benzene rings is 1. The topological polar surface area (TPSA) is 112 Å². The normalized spacial score (nSPS) is 15.2. The maximum atomic E-state index is 5.58. The van der Waals surface area contributed by atoms with Gasteiger partial charge in [-0.3, -0.25) is 0 Å². The van der Waals surface area contributed by atoms with Crippen LogP contribution in [-0.2, 0) is 4.74 Å². The summed E-state index contributed by atoms with van der Waals surface area (Å²) >= 11 is 0. The van der Waals surface area contributed by atoms with E-state index in [0.717, 1.165) is 11.3 Å². The Hall–Kier alpha value is -4.05. The van der Waals surface area contributed by atoms with Crippen molar-refractivity contribution in [2.75, 3.05) is 31.2 Å². The van der Waals surface area contributed by atoms with Gasteiger partial charge in [0.1, 0.15) is 11.4 Å². The Morgan fingerprint density at radius 1 is 1.09 bits per heavy atom. The Morgan fingerprint density at radius 2 is 1.91 bits per heavy atom. The first-order chi connectivity index (χ1) is 15.8. The SMILES string of the molecule is C/C=C\C(=N/N)c1cc2nc(-n3ccc(-c4ccccc4)n3)nc(N3CCOCC3)n2n1. The van der Waals surface area contributed by atoms with E-state index >= 15 is 0 Å². The number of hydrazone groups is 1. The molecule has 0 atom stereocenters. The molecule has 2 N–H and O–H groups in total. The zero-order chi connectivity index (χ0) is 21.9. The largest absolute Gasteiger partial charge is 0.378 e. The summed E-state index contributed by atoms with van der Waals surface area (Å²) in [4.78, 5) is 11.7. The lowest BCUT2D eigenvalue weighted by Crippen LogP contribution is -2.38. The number of hydrogen-bond donors (Lipinski definition) is 1. The smallest absolute Gasteiger partial charge is 0.255 e. The van der Waals surface area contributed by atoms with Gasteiger partial charge in [-0.1, -0.05) is 36.4 Å². The highest BCUT2D eigenvalue weighted by molar-refractivity contribution is 6.07. The van der Waals surface area contributed by atoms with Gasteiger partial charge in [0.15, 0.2) is 5.65 Å². The zero-order valence-corrected chi connectivity index (χ0v) is 17.7. The van der Waals surface area contributed by atoms with Crippen LogP contribution in [0.25, 0.3) is 22.9 Å². The summed E-state index contributed by atoms with van der Waals surface area (Å²) in [5.41, 5.74) is 3.70. The molecule has 4 aromatic rings. The Bertz CT molecular complexity index is 1280. The van der Waals surface area contributed by atoms with E-state index in [1.807, 2.05) is 67.7 Å². The van der Waals surface area contributed by atoms with Crippen LogP contribution in [0.1, 0.15) is 12.6 Å². The standard InChI is InChI=1S/C22H23N9O/c1-2-6-18(26-23)19-15-20-24-21(25-22(31(20)28-19)29-11-13-32-14-12-29)30-10-9-17(27-30)16-7-4-3-5-8-16/h2-10,15H,11-14,23H2,1H3/b6-2-,26-18+. The average molecular weight is 429 g/mol. The number of allylic oxidation sites excluding steroid dienone is 2. The maximum absolute atomic E-state index is 5.58. The molecule has 32 heavy (non-hydrogen) atoms. The molecule has 0 radical (unpaired) electrons. The fourth-order valence-corrected chi connectivity index (χ4v) is 3.61. The van der Waals surface area contributed by atoms with E-state index in [2.05, 4.69) is 15.1 Å². The second-order valence-corrected chi connectivity index (χ2v) is 7.25. The van der Waals surface area contributed by atoms with Crippen LogP contribution in [-0.4, -0.2) is 61.4 Å². The molecule has 5 rings (SSSR count). The second-order valence-electron chi connectivity index (χ2n) is 7.25. The van der Waals surface area contributed by atoms with Crippen LogP contribution in [0.4, 0.5) is 5.95 Å². The van der Waals surface area contributed by atoms with Gasteiger partial charge in [-0.15, -0.1) is 0 Å². The molecule has 0 spiro atoms. The number of morpholine rings is 1. The minimum absolute atomic E-state index is 0.463. The van der Waals surface area contributed by atoms with Crippen LogP contribution in [0.15, 0.2) is 65.9 Å². The third kappa shape index (κ3) is 3.71. The van der Waals surface area contributed by atoms with Gasteiger partial charge < -0.3 is 15.5 Å². The molecule has 1 aliphatic heterocycles. The van der Waals surface area contributed by atoms with Gasteiger partial charge >= 0.3 is 0 Å². The molecule has 162 valence electrons. The van der Waals surface area contributed by atoms with Crippen molar-refractivity contribution >= 4 is 17.3 Å². The van der Waals surface area contributed by atoms with Crippen molar-refractivity contribution in [1.82, 2.24) is 29.4 Å². The predicted octanol–water partition coefficient (Wildman–Crippen LogP) is 2.05. The Balaban J connectivity index is 1.63. The summed E-state index contributed by atoms with van der Waals surface area (Å²) < 4.78 is 8.92. The summed E-state index contributed by atoms with van der Waals surface area (Å²) in [5.74, 6) is 6.72. The molecule has 10 heteroatoms. The van der Waals surface area contributed by atoms with Crippen molar-refractivity contribution in [3.8, 4) is 17.2 Å². The molecule has 0 saturated carbocycles. The number of hydrogen-bond acceptors (Lipinski definition) is 8. The fourth-order valence-electron chi connectivity index (χ4n) is 3.61. The van der Waals surface area contributed by atoms with E-state index in [0.29, 0.717) is 55.3 Å². The van der Waals surface area contributed by atoms with Gasteiger partial charge in [-0.2, -0.15) is 29.8 Å². The number of anilines is 1. The summed E-state index contributed by atoms with van der Waals surface area (Å²) in [6, 6.07) is 13.8. The summed E-state index contributed by atoms with van der Waals surface area (Å²) in [6.07, 6.45) is 5.54. The highest BCUT2D eigenvalue weighted by Crippen LogP contribution is 2.21. The van der Waals surface area contributed by atoms with E-state index in [-0.39, 0.29) is 0 Å². The zero-order valence-electron chi connectivity index (χ0n) is 17.7. The summed E-state index contributed by atoms with van der Waals surface area (Å²) in [6.45, 7) is 4.58. The van der Waals surface area contributed by atoms with Gasteiger partial charge in [0, 0.05) is 30.9 Å². The first-order valence-corrected chi connectivity index (χ1v) is 10.4. The highest BCUT2D eigenvalue weighted by atomic mass is 16.5. The van der Waals surface area contributed by atoms with Crippen molar-refractivity contribution in [3.63, 3.8) is 0 Å². The Kier molecular flexibility index (Phi) is 5.34. The van der Waals surface area contributed by atoms with Gasteiger partial charge in [0.2, 0.25) is 5.95 Å². The molecule has 4 heterocycles. The van der Waals surface area contributed by atoms with Gasteiger partial charge in [-0.05, 0) is 19.1 Å². The lowest BCUT2D eigenvalue weighted by molar-refractivity contribution is 0.121. The first-order valence-electron chi connectivity index (χ1n) is 10.4. The van der Waals surface area contributed by atoms with Crippen molar-refractivity contribution in [3.05, 3.63) is 66.5 Å². The number of rotatable bonds is 5. The molecule has 1 saturated heterocycles. The molecule has 1 aromatic carbocycles. The molecule has 0 aliphatic carbocycles. The van der Waals surface area contributed by atoms with Crippen molar-refractivity contribution < 1.29 is 4.74 Å². The fraction of sp³-hybridized carbons (Fsp3) is 0.227. The van der Waals surface area contributed by atoms with E-state index in [4.69, 9.17) is 25.6 Å². The van der Waals surface area contributed by atoms with Crippen LogP contribution in [0.3, 0.4) is 0 Å². The van der Waals surface area contributed by atoms with Crippen LogP contribution in [0.2, 0.25) is 0 Å². The van der Waals surface area contributed by atoms with Crippen molar-refractivity contribution in [2.24, 2.45) is 10.9 Å². The third-order valence-corrected chi connectivity index (χ3v) is 5.18. The molecule has 1 aliphatic rings. The number of nitrogens with two attached hydrogens (primary N) is 1. The van der Waals surface area contributed by atoms with Crippen LogP contribution >= 0.6 is 0 Å². The van der Waals surface area contributed by atoms with Crippen LogP contribution in [0.5, 0.6) is 0 Å². The van der Waals surface area contributed by atoms with E-state index in [1.54, 1.807) is 9.20 Å². The van der Waals surface area contributed by atoms with E-state index < -0.39 is 0 Å². The molecule has 1 fully saturated rings. The Morgan fingerprint density at radius 3 is 2.66 bits per heavy atom. The summed E-state index contributed by atoms with van der Waals surface area (Å²) in [7, 11) is 0. The lowest BCUT2D eigenvalue weighted by atomic mass is 10.2. The quantitative estimate of drug-likeness (QED) is 0.294. The minimum atomic E-state index is 0.463. The van der Waals surface area contributed by atoms with E-state index in [1.165, 1.54) is 0 Å². The molecule has 0 bridgehead atoms. The second kappa shape index (κ2) is 8.60. The van der Waals surface area contributed by atoms with Gasteiger partial charge in [0.25, 0.3) is 5.95 Å². The van der Waals surface area contributed by atoms with E-state index in [9.17, 15) is 0 Å². The van der Waals surface area contributed by atoms with Gasteiger partial charge in [-0.25, -0.2) is 4.68 Å². The molecular weight excluding hydrogens is 406 g/mol. The first kappa shape index (κ1) is 19.9. The molecule has 3 aromatic heterocycles. The number of aromatic nitrogens is 6. The number of fused-ring (bicyclic) bond motifs is 1. The summed E-state index contributed by atoms with van der Waals surface area (Å²) in [5, 5.41) is 13.2. The molecule has 0 amide bonds. The van der Waals surface area contributed by atoms with Crippen molar-refractivity contribution in [2.45, 2.75) is 6.92 Å². The number of nitrogens with zero attached hydrogens (tertiary/aromatic N) is 8. The van der Waals surface area contributed by atoms with Crippen LogP contribution < -0.4 is 10.7 Å². The molecule has 10 nitrogen and oxygen atoms in total. The maximum Gasteiger partial charge on any atom is 0.255 e. The van der Waals surface area contributed by atoms with Gasteiger partial charge in [0.05, 0.1) is 18.9 Å². The monoisotopic (exact) mass is 429 g/mol. The molecular formula is C22H23N9O. The van der Waals surface area contributed by atoms with Crippen LogP contribution in [0, 0.1) is 0 Å². The minimum Gasteiger partial charge on any atom is -0.378 e. The third-order valence-electron chi connectivity index (χ3n) is 5.18. The number of ether oxygens (including phenoxy) is 1.